The molecule has 1 saturated heterocycles. The minimum absolute atomic E-state index is 0.0118. The summed E-state index contributed by atoms with van der Waals surface area (Å²) >= 11 is 1.45. The molecule has 7 nitrogen and oxygen atoms in total. The number of nitrogens with one attached hydrogen (secondary N) is 2. The lowest BCUT2D eigenvalue weighted by molar-refractivity contribution is 0.0948. The first-order valence-corrected chi connectivity index (χ1v) is 10.8. The number of nitrogens with zero attached hydrogens (tertiary/aromatic N) is 1. The van der Waals surface area contributed by atoms with Crippen LogP contribution in [0.1, 0.15) is 16.1 Å². The highest BCUT2D eigenvalue weighted by atomic mass is 32.2. The molecule has 0 saturated carbocycles. The van der Waals surface area contributed by atoms with Gasteiger partial charge in [-0.2, -0.15) is 0 Å². The van der Waals surface area contributed by atoms with E-state index in [-0.39, 0.29) is 28.7 Å². The van der Waals surface area contributed by atoms with Crippen molar-refractivity contribution in [3.05, 3.63) is 54.0 Å². The van der Waals surface area contributed by atoms with Crippen LogP contribution < -0.4 is 10.6 Å². The Bertz CT molecular complexity index is 954. The second-order valence-electron chi connectivity index (χ2n) is 6.20. The Morgan fingerprint density at radius 2 is 2.15 bits per heavy atom. The number of rotatable bonds is 4. The number of hydrogen-bond acceptors (Lipinski definition) is 7. The van der Waals surface area contributed by atoms with Crippen molar-refractivity contribution in [2.24, 2.45) is 4.99 Å². The first-order chi connectivity index (χ1) is 12.5. The monoisotopic (exact) mass is 391 g/mol. The van der Waals surface area contributed by atoms with Crippen molar-refractivity contribution in [1.82, 2.24) is 5.32 Å². The summed E-state index contributed by atoms with van der Waals surface area (Å²) < 4.78 is 28.4. The quantitative estimate of drug-likeness (QED) is 0.825. The van der Waals surface area contributed by atoms with Gasteiger partial charge in [-0.15, -0.1) is 0 Å². The van der Waals surface area contributed by atoms with Crippen molar-refractivity contribution in [3.63, 3.8) is 0 Å². The SMILES string of the molecule is O=C(NCc1ccco1)c1cccc(NC2=NC3CS(=O)(=O)CC3S2)c1. The van der Waals surface area contributed by atoms with Crippen molar-refractivity contribution in [3.8, 4) is 0 Å². The van der Waals surface area contributed by atoms with Gasteiger partial charge in [0.25, 0.3) is 5.91 Å². The van der Waals surface area contributed by atoms with Gasteiger partial charge in [-0.05, 0) is 30.3 Å². The van der Waals surface area contributed by atoms with Gasteiger partial charge in [0.1, 0.15) is 5.76 Å². The second-order valence-corrected chi connectivity index (χ2v) is 9.58. The first-order valence-electron chi connectivity index (χ1n) is 8.11. The number of amides is 1. The van der Waals surface area contributed by atoms with Crippen LogP contribution in [0.2, 0.25) is 0 Å². The van der Waals surface area contributed by atoms with Crippen LogP contribution in [0.3, 0.4) is 0 Å². The zero-order chi connectivity index (χ0) is 18.1. The van der Waals surface area contributed by atoms with E-state index in [1.807, 2.05) is 6.07 Å². The van der Waals surface area contributed by atoms with Crippen molar-refractivity contribution < 1.29 is 17.6 Å². The first kappa shape index (κ1) is 17.2. The fourth-order valence-electron chi connectivity index (χ4n) is 2.96. The smallest absolute Gasteiger partial charge is 0.251 e. The molecule has 9 heteroatoms. The van der Waals surface area contributed by atoms with Gasteiger partial charge in [0.2, 0.25) is 0 Å². The van der Waals surface area contributed by atoms with Gasteiger partial charge in [0.15, 0.2) is 15.0 Å². The van der Waals surface area contributed by atoms with Gasteiger partial charge < -0.3 is 15.1 Å². The standard InChI is InChI=1S/C17H17N3O4S2/c21-16(18-8-13-5-2-6-24-13)11-3-1-4-12(7-11)19-17-20-14-9-26(22,23)10-15(14)25-17/h1-7,14-15H,8-10H2,(H,18,21)(H,19,20). The molecule has 1 aromatic heterocycles. The third-order valence-corrected chi connectivity index (χ3v) is 7.34. The summed E-state index contributed by atoms with van der Waals surface area (Å²) in [5, 5.41) is 6.67. The number of thioether (sulfide) groups is 1. The van der Waals surface area contributed by atoms with E-state index in [9.17, 15) is 13.2 Å². The number of aliphatic imine (C=N–C) groups is 1. The van der Waals surface area contributed by atoms with Crippen LogP contribution in [0.25, 0.3) is 0 Å². The van der Waals surface area contributed by atoms with Gasteiger partial charge in [-0.25, -0.2) is 8.42 Å². The Kier molecular flexibility index (Phi) is 4.49. The van der Waals surface area contributed by atoms with E-state index in [2.05, 4.69) is 15.6 Å². The molecule has 2 aliphatic heterocycles. The number of carbonyl (C=O) groups excluding carboxylic acids is 1. The molecule has 0 bridgehead atoms. The minimum Gasteiger partial charge on any atom is -0.467 e. The molecule has 0 aliphatic carbocycles. The lowest BCUT2D eigenvalue weighted by Gasteiger charge is -2.09. The van der Waals surface area contributed by atoms with E-state index in [4.69, 9.17) is 4.42 Å². The van der Waals surface area contributed by atoms with Gasteiger partial charge >= 0.3 is 0 Å². The summed E-state index contributed by atoms with van der Waals surface area (Å²) in [6.45, 7) is 0.323. The topological polar surface area (TPSA) is 101 Å². The normalized spacial score (nSPS) is 23.3. The van der Waals surface area contributed by atoms with E-state index < -0.39 is 9.84 Å². The molecule has 2 aliphatic rings. The number of hydrogen-bond donors (Lipinski definition) is 2. The average Bonchev–Trinajstić information content (AvgIpc) is 3.28. The predicted molar refractivity (Wildman–Crippen MR) is 101 cm³/mol. The molecule has 1 amide bonds. The number of benzene rings is 1. The van der Waals surface area contributed by atoms with Crippen LogP contribution in [-0.4, -0.2) is 42.3 Å². The Morgan fingerprint density at radius 3 is 2.92 bits per heavy atom. The fraction of sp³-hybridized carbons (Fsp3) is 0.294. The van der Waals surface area contributed by atoms with Crippen molar-refractivity contribution >= 4 is 38.4 Å². The van der Waals surface area contributed by atoms with Crippen LogP contribution in [0, 0.1) is 0 Å². The van der Waals surface area contributed by atoms with E-state index in [1.54, 1.807) is 36.6 Å². The fourth-order valence-corrected chi connectivity index (χ4v) is 6.64. The molecule has 4 rings (SSSR count). The summed E-state index contributed by atoms with van der Waals surface area (Å²) in [5.74, 6) is 0.775. The van der Waals surface area contributed by atoms with Gasteiger partial charge in [-0.3, -0.25) is 9.79 Å². The van der Waals surface area contributed by atoms with Crippen LogP contribution >= 0.6 is 11.8 Å². The maximum atomic E-state index is 12.3. The molecule has 26 heavy (non-hydrogen) atoms. The highest BCUT2D eigenvalue weighted by molar-refractivity contribution is 8.15. The summed E-state index contributed by atoms with van der Waals surface area (Å²) in [6.07, 6.45) is 1.56. The van der Waals surface area contributed by atoms with Crippen LogP contribution in [-0.2, 0) is 16.4 Å². The van der Waals surface area contributed by atoms with Gasteiger partial charge in [-0.1, -0.05) is 17.8 Å². The summed E-state index contributed by atoms with van der Waals surface area (Å²) in [7, 11) is -2.96. The largest absolute Gasteiger partial charge is 0.467 e. The Balaban J connectivity index is 1.39. The van der Waals surface area contributed by atoms with Crippen molar-refractivity contribution in [1.29, 1.82) is 0 Å². The lowest BCUT2D eigenvalue weighted by Crippen LogP contribution is -2.22. The number of sulfone groups is 1. The molecule has 1 aromatic carbocycles. The molecular weight excluding hydrogens is 374 g/mol. The Labute approximate surface area is 155 Å². The molecule has 3 heterocycles. The van der Waals surface area contributed by atoms with E-state index in [0.717, 1.165) is 5.69 Å². The maximum Gasteiger partial charge on any atom is 0.251 e. The highest BCUT2D eigenvalue weighted by Gasteiger charge is 2.42. The minimum atomic E-state index is -2.96. The lowest BCUT2D eigenvalue weighted by atomic mass is 10.2. The van der Waals surface area contributed by atoms with Crippen LogP contribution in [0.5, 0.6) is 0 Å². The molecular formula is C17H17N3O4S2. The van der Waals surface area contributed by atoms with Crippen LogP contribution in [0.15, 0.2) is 52.1 Å². The molecule has 2 unspecified atom stereocenters. The van der Waals surface area contributed by atoms with Crippen molar-refractivity contribution in [2.45, 2.75) is 17.8 Å². The summed E-state index contributed by atoms with van der Waals surface area (Å²) in [5.41, 5.74) is 1.26. The summed E-state index contributed by atoms with van der Waals surface area (Å²) in [4.78, 5) is 16.7. The molecule has 2 N–H and O–H groups in total. The number of anilines is 1. The molecule has 2 atom stereocenters. The van der Waals surface area contributed by atoms with E-state index in [0.29, 0.717) is 23.0 Å². The molecule has 1 fully saturated rings. The molecule has 2 aromatic rings. The Morgan fingerprint density at radius 1 is 1.27 bits per heavy atom. The average molecular weight is 391 g/mol. The number of fused-ring (bicyclic) bond motifs is 1. The second kappa shape index (κ2) is 6.81. The number of carbonyl (C=O) groups is 1. The van der Waals surface area contributed by atoms with E-state index >= 15 is 0 Å². The zero-order valence-electron chi connectivity index (χ0n) is 13.7. The number of amidine groups is 1. The van der Waals surface area contributed by atoms with E-state index in [1.165, 1.54) is 11.8 Å². The van der Waals surface area contributed by atoms with Crippen molar-refractivity contribution in [2.75, 3.05) is 16.8 Å². The van der Waals surface area contributed by atoms with Crippen LogP contribution in [0.4, 0.5) is 5.69 Å². The molecule has 0 spiro atoms. The third kappa shape index (κ3) is 3.78. The van der Waals surface area contributed by atoms with Gasteiger partial charge in [0, 0.05) is 16.5 Å². The summed E-state index contributed by atoms with van der Waals surface area (Å²) in [6, 6.07) is 10.5. The zero-order valence-corrected chi connectivity index (χ0v) is 15.3. The molecule has 136 valence electrons. The third-order valence-electron chi connectivity index (χ3n) is 4.20. The Hall–Kier alpha value is -2.26. The highest BCUT2D eigenvalue weighted by Crippen LogP contribution is 2.34. The number of furan rings is 1. The molecule has 0 radical (unpaired) electrons. The predicted octanol–water partition coefficient (Wildman–Crippen LogP) is 1.89. The van der Waals surface area contributed by atoms with Gasteiger partial charge in [0.05, 0.1) is 30.4 Å². The maximum absolute atomic E-state index is 12.3.